The molecule has 0 radical (unpaired) electrons. The fourth-order valence-electron chi connectivity index (χ4n) is 1.91. The van der Waals surface area contributed by atoms with Gasteiger partial charge in [-0.25, -0.2) is 4.39 Å². The van der Waals surface area contributed by atoms with Crippen molar-refractivity contribution in [2.75, 3.05) is 0 Å². The van der Waals surface area contributed by atoms with E-state index in [-0.39, 0.29) is 6.42 Å². The Morgan fingerprint density at radius 3 is 2.62 bits per heavy atom. The smallest absolute Gasteiger partial charge is 0.279 e. The molecule has 0 aliphatic heterocycles. The maximum absolute atomic E-state index is 13.1. The number of halogens is 2. The van der Waals surface area contributed by atoms with E-state index in [0.29, 0.717) is 11.3 Å². The molecule has 7 heteroatoms. The summed E-state index contributed by atoms with van der Waals surface area (Å²) in [6.07, 6.45) is -0.840. The molecule has 1 unspecified atom stereocenters. The first-order chi connectivity index (χ1) is 11.4. The monoisotopic (exact) mass is 394 g/mol. The van der Waals surface area contributed by atoms with Gasteiger partial charge in [-0.1, -0.05) is 34.1 Å². The van der Waals surface area contributed by atoms with E-state index in [1.165, 1.54) is 18.2 Å². The number of rotatable bonds is 5. The number of hydrogen-bond donors (Lipinski definition) is 2. The van der Waals surface area contributed by atoms with Gasteiger partial charge in [0.15, 0.2) is 6.10 Å². The van der Waals surface area contributed by atoms with Crippen LogP contribution in [0.3, 0.4) is 0 Å². The molecule has 0 saturated heterocycles. The molecule has 2 rings (SSSR count). The lowest BCUT2D eigenvalue weighted by Gasteiger charge is -2.15. The third-order valence-electron chi connectivity index (χ3n) is 3.06. The summed E-state index contributed by atoms with van der Waals surface area (Å²) in [5.41, 5.74) is 5.08. The van der Waals surface area contributed by atoms with Crippen molar-refractivity contribution in [1.29, 1.82) is 0 Å². The van der Waals surface area contributed by atoms with E-state index in [0.717, 1.165) is 4.47 Å². The van der Waals surface area contributed by atoms with Gasteiger partial charge < -0.3 is 4.74 Å². The van der Waals surface area contributed by atoms with E-state index in [9.17, 15) is 14.0 Å². The zero-order valence-electron chi connectivity index (χ0n) is 12.9. The van der Waals surface area contributed by atoms with Gasteiger partial charge in [0.05, 0.1) is 6.42 Å². The van der Waals surface area contributed by atoms with Crippen molar-refractivity contribution < 1.29 is 18.7 Å². The van der Waals surface area contributed by atoms with Crippen molar-refractivity contribution in [1.82, 2.24) is 10.9 Å². The molecule has 2 aromatic carbocycles. The maximum Gasteiger partial charge on any atom is 0.279 e. The van der Waals surface area contributed by atoms with Gasteiger partial charge in [0, 0.05) is 4.47 Å². The van der Waals surface area contributed by atoms with E-state index in [4.69, 9.17) is 4.74 Å². The highest BCUT2D eigenvalue weighted by molar-refractivity contribution is 9.10. The fraction of sp³-hybridized carbons (Fsp3) is 0.176. The molecule has 24 heavy (non-hydrogen) atoms. The van der Waals surface area contributed by atoms with Crippen LogP contribution in [-0.4, -0.2) is 17.9 Å². The van der Waals surface area contributed by atoms with Crippen molar-refractivity contribution in [3.8, 4) is 5.75 Å². The molecular formula is C17H16BrFN2O3. The summed E-state index contributed by atoms with van der Waals surface area (Å²) >= 11 is 3.31. The largest absolute Gasteiger partial charge is 0.481 e. The van der Waals surface area contributed by atoms with Crippen LogP contribution in [-0.2, 0) is 16.0 Å². The average Bonchev–Trinajstić information content (AvgIpc) is 2.52. The fourth-order valence-corrected chi connectivity index (χ4v) is 2.29. The second kappa shape index (κ2) is 8.44. The molecule has 0 heterocycles. The summed E-state index contributed by atoms with van der Waals surface area (Å²) in [4.78, 5) is 23.7. The van der Waals surface area contributed by atoms with Gasteiger partial charge in [-0.3, -0.25) is 20.4 Å². The first-order valence-corrected chi connectivity index (χ1v) is 7.98. The van der Waals surface area contributed by atoms with Gasteiger partial charge >= 0.3 is 0 Å². The Labute approximate surface area is 147 Å². The Balaban J connectivity index is 1.80. The van der Waals surface area contributed by atoms with E-state index in [1.807, 2.05) is 6.07 Å². The normalized spacial score (nSPS) is 11.5. The van der Waals surface area contributed by atoms with Crippen molar-refractivity contribution >= 4 is 27.7 Å². The number of amides is 2. The summed E-state index contributed by atoms with van der Waals surface area (Å²) < 4.78 is 19.4. The van der Waals surface area contributed by atoms with Crippen LogP contribution < -0.4 is 15.6 Å². The SMILES string of the molecule is CC(Oc1cccc(Br)c1)C(=O)NNC(=O)Cc1cccc(F)c1. The second-order valence-corrected chi connectivity index (χ2v) is 5.98. The van der Waals surface area contributed by atoms with Crippen LogP contribution in [0.2, 0.25) is 0 Å². The molecule has 1 atom stereocenters. The molecule has 0 aliphatic carbocycles. The maximum atomic E-state index is 13.1. The van der Waals surface area contributed by atoms with Gasteiger partial charge in [-0.2, -0.15) is 0 Å². The number of carbonyl (C=O) groups excluding carboxylic acids is 2. The third kappa shape index (κ3) is 5.66. The van der Waals surface area contributed by atoms with Crippen molar-refractivity contribution in [2.45, 2.75) is 19.4 Å². The van der Waals surface area contributed by atoms with Crippen LogP contribution in [0.25, 0.3) is 0 Å². The van der Waals surface area contributed by atoms with Gasteiger partial charge in [-0.15, -0.1) is 0 Å². The highest BCUT2D eigenvalue weighted by atomic mass is 79.9. The van der Waals surface area contributed by atoms with E-state index >= 15 is 0 Å². The first kappa shape index (κ1) is 17.9. The molecular weight excluding hydrogens is 379 g/mol. The topological polar surface area (TPSA) is 67.4 Å². The van der Waals surface area contributed by atoms with Crippen molar-refractivity contribution in [2.24, 2.45) is 0 Å². The van der Waals surface area contributed by atoms with E-state index in [2.05, 4.69) is 26.8 Å². The van der Waals surface area contributed by atoms with Gasteiger partial charge in [-0.05, 0) is 42.8 Å². The predicted molar refractivity (Wildman–Crippen MR) is 90.6 cm³/mol. The highest BCUT2D eigenvalue weighted by Gasteiger charge is 2.15. The predicted octanol–water partition coefficient (Wildman–Crippen LogP) is 2.75. The zero-order chi connectivity index (χ0) is 17.5. The molecule has 0 bridgehead atoms. The number of hydrazine groups is 1. The summed E-state index contributed by atoms with van der Waals surface area (Å²) in [7, 11) is 0. The summed E-state index contributed by atoms with van der Waals surface area (Å²) in [5.74, 6) is -0.843. The molecule has 126 valence electrons. The third-order valence-corrected chi connectivity index (χ3v) is 3.55. The lowest BCUT2D eigenvalue weighted by atomic mass is 10.1. The molecule has 0 aliphatic rings. The van der Waals surface area contributed by atoms with Gasteiger partial charge in [0.1, 0.15) is 11.6 Å². The molecule has 2 aromatic rings. The molecule has 2 N–H and O–H groups in total. The first-order valence-electron chi connectivity index (χ1n) is 7.19. The minimum Gasteiger partial charge on any atom is -0.481 e. The van der Waals surface area contributed by atoms with Gasteiger partial charge in [0.2, 0.25) is 5.91 Å². The molecule has 2 amide bonds. The van der Waals surface area contributed by atoms with Crippen LogP contribution in [0.1, 0.15) is 12.5 Å². The van der Waals surface area contributed by atoms with Crippen molar-refractivity contribution in [3.05, 3.63) is 64.4 Å². The molecule has 0 aromatic heterocycles. The number of ether oxygens (including phenoxy) is 1. The van der Waals surface area contributed by atoms with Crippen molar-refractivity contribution in [3.63, 3.8) is 0 Å². The lowest BCUT2D eigenvalue weighted by molar-refractivity contribution is -0.132. The molecule has 5 nitrogen and oxygen atoms in total. The van der Waals surface area contributed by atoms with Crippen LogP contribution in [0.5, 0.6) is 5.75 Å². The number of hydrogen-bond acceptors (Lipinski definition) is 3. The summed E-state index contributed by atoms with van der Waals surface area (Å²) in [6.45, 7) is 1.56. The minimum absolute atomic E-state index is 0.0427. The highest BCUT2D eigenvalue weighted by Crippen LogP contribution is 2.18. The summed E-state index contributed by atoms with van der Waals surface area (Å²) in [6, 6.07) is 12.8. The second-order valence-electron chi connectivity index (χ2n) is 5.06. The van der Waals surface area contributed by atoms with Crippen LogP contribution in [0, 0.1) is 5.82 Å². The Morgan fingerprint density at radius 1 is 1.17 bits per heavy atom. The summed E-state index contributed by atoms with van der Waals surface area (Å²) in [5, 5.41) is 0. The lowest BCUT2D eigenvalue weighted by Crippen LogP contribution is -2.47. The van der Waals surface area contributed by atoms with Crippen LogP contribution >= 0.6 is 15.9 Å². The Kier molecular flexibility index (Phi) is 6.31. The number of nitrogens with one attached hydrogen (secondary N) is 2. The average molecular weight is 395 g/mol. The Hall–Kier alpha value is -2.41. The van der Waals surface area contributed by atoms with Gasteiger partial charge in [0.25, 0.3) is 5.91 Å². The van der Waals surface area contributed by atoms with E-state index < -0.39 is 23.7 Å². The van der Waals surface area contributed by atoms with Crippen LogP contribution in [0.15, 0.2) is 53.0 Å². The molecule has 0 saturated carbocycles. The van der Waals surface area contributed by atoms with E-state index in [1.54, 1.807) is 31.2 Å². The number of benzene rings is 2. The van der Waals surface area contributed by atoms with Crippen LogP contribution in [0.4, 0.5) is 4.39 Å². The molecule has 0 spiro atoms. The molecule has 0 fully saturated rings. The Bertz CT molecular complexity index is 739. The minimum atomic E-state index is -0.797. The standard InChI is InChI=1S/C17H16BrFN2O3/c1-11(24-15-7-3-5-13(18)10-15)17(23)21-20-16(22)9-12-4-2-6-14(19)8-12/h2-8,10-11H,9H2,1H3,(H,20,22)(H,21,23). The zero-order valence-corrected chi connectivity index (χ0v) is 14.5. The Morgan fingerprint density at radius 2 is 1.92 bits per heavy atom. The number of carbonyl (C=O) groups is 2. The quantitative estimate of drug-likeness (QED) is 0.766.